The first kappa shape index (κ1) is 10.3. The summed E-state index contributed by atoms with van der Waals surface area (Å²) in [6.07, 6.45) is 4.99. The molecule has 0 aromatic carbocycles. The van der Waals surface area contributed by atoms with Crippen molar-refractivity contribution in [3.05, 3.63) is 30.2 Å². The first-order valence-electron chi connectivity index (χ1n) is 5.85. The fraction of sp³-hybridized carbons (Fsp3) is 0.455. The van der Waals surface area contributed by atoms with E-state index < -0.39 is 0 Å². The Morgan fingerprint density at radius 1 is 1.41 bits per heavy atom. The highest BCUT2D eigenvalue weighted by Gasteiger charge is 2.17. The fourth-order valence-corrected chi connectivity index (χ4v) is 2.05. The van der Waals surface area contributed by atoms with Gasteiger partial charge in [0.25, 0.3) is 0 Å². The number of nitrogens with one attached hydrogen (secondary N) is 1. The maximum absolute atomic E-state index is 4.34. The Morgan fingerprint density at radius 3 is 3.18 bits per heavy atom. The number of aromatic nitrogens is 5. The summed E-state index contributed by atoms with van der Waals surface area (Å²) in [5.41, 5.74) is 0. The van der Waals surface area contributed by atoms with Crippen LogP contribution in [0.4, 0.5) is 0 Å². The molecule has 0 amide bonds. The molecule has 1 aliphatic heterocycles. The second kappa shape index (κ2) is 4.58. The van der Waals surface area contributed by atoms with Gasteiger partial charge in [-0.2, -0.15) is 0 Å². The smallest absolute Gasteiger partial charge is 0.176 e. The number of hydrogen-bond donors (Lipinski definition) is 1. The van der Waals surface area contributed by atoms with Crippen molar-refractivity contribution < 1.29 is 0 Å². The average Bonchev–Trinajstić information content (AvgIpc) is 3.02. The molecule has 6 nitrogen and oxygen atoms in total. The molecule has 17 heavy (non-hydrogen) atoms. The summed E-state index contributed by atoms with van der Waals surface area (Å²) in [5.74, 6) is 1.47. The summed E-state index contributed by atoms with van der Waals surface area (Å²) in [7, 11) is 0. The van der Waals surface area contributed by atoms with Gasteiger partial charge in [-0.05, 0) is 36.7 Å². The highest BCUT2D eigenvalue weighted by atomic mass is 15.6. The predicted molar refractivity (Wildman–Crippen MR) is 61.7 cm³/mol. The lowest BCUT2D eigenvalue weighted by Crippen LogP contribution is -2.24. The van der Waals surface area contributed by atoms with Crippen molar-refractivity contribution in [2.24, 2.45) is 0 Å². The molecule has 88 valence electrons. The van der Waals surface area contributed by atoms with Crippen molar-refractivity contribution in [2.75, 3.05) is 6.54 Å². The van der Waals surface area contributed by atoms with Gasteiger partial charge in [0, 0.05) is 18.7 Å². The molecule has 1 N–H and O–H groups in total. The number of hydrogen-bond acceptors (Lipinski definition) is 5. The summed E-state index contributed by atoms with van der Waals surface area (Å²) in [6, 6.07) is 6.13. The van der Waals surface area contributed by atoms with E-state index in [2.05, 4.69) is 25.7 Å². The monoisotopic (exact) mass is 230 g/mol. The number of rotatable bonds is 3. The van der Waals surface area contributed by atoms with Crippen LogP contribution in [0.15, 0.2) is 24.4 Å². The van der Waals surface area contributed by atoms with Crippen molar-refractivity contribution in [2.45, 2.75) is 25.3 Å². The number of nitrogens with zero attached hydrogens (tertiary/aromatic N) is 5. The quantitative estimate of drug-likeness (QED) is 0.824. The lowest BCUT2D eigenvalue weighted by molar-refractivity contribution is 0.584. The molecule has 3 heterocycles. The maximum Gasteiger partial charge on any atom is 0.176 e. The molecule has 1 fully saturated rings. The fourth-order valence-electron chi connectivity index (χ4n) is 2.05. The van der Waals surface area contributed by atoms with E-state index >= 15 is 0 Å². The van der Waals surface area contributed by atoms with Gasteiger partial charge in [-0.25, -0.2) is 4.98 Å². The zero-order valence-corrected chi connectivity index (χ0v) is 9.45. The standard InChI is InChI=1S/C11H14N6/c1-2-6-13-11(5-1)17-15-10(14-16-17)8-9-4-3-7-12-9/h1-2,5-6,9,12H,3-4,7-8H2. The van der Waals surface area contributed by atoms with Crippen LogP contribution in [-0.2, 0) is 6.42 Å². The van der Waals surface area contributed by atoms with Crippen molar-refractivity contribution in [1.82, 2.24) is 30.5 Å². The van der Waals surface area contributed by atoms with Gasteiger partial charge < -0.3 is 5.32 Å². The molecular formula is C11H14N6. The minimum atomic E-state index is 0.497. The molecule has 1 unspecified atom stereocenters. The van der Waals surface area contributed by atoms with Crippen LogP contribution in [0.1, 0.15) is 18.7 Å². The van der Waals surface area contributed by atoms with Gasteiger partial charge in [0.1, 0.15) is 0 Å². The highest BCUT2D eigenvalue weighted by molar-refractivity contribution is 5.17. The van der Waals surface area contributed by atoms with E-state index in [1.807, 2.05) is 18.2 Å². The third-order valence-corrected chi connectivity index (χ3v) is 2.90. The van der Waals surface area contributed by atoms with E-state index in [0.717, 1.165) is 18.8 Å². The molecule has 3 rings (SSSR count). The van der Waals surface area contributed by atoms with Gasteiger partial charge in [0.05, 0.1) is 0 Å². The van der Waals surface area contributed by atoms with Crippen molar-refractivity contribution in [1.29, 1.82) is 0 Å². The van der Waals surface area contributed by atoms with Gasteiger partial charge >= 0.3 is 0 Å². The Labute approximate surface area is 99.1 Å². The summed E-state index contributed by atoms with van der Waals surface area (Å²) >= 11 is 0. The van der Waals surface area contributed by atoms with Gasteiger partial charge in [0.15, 0.2) is 11.6 Å². The number of pyridine rings is 1. The van der Waals surface area contributed by atoms with Crippen LogP contribution in [0.3, 0.4) is 0 Å². The molecule has 1 aliphatic rings. The van der Waals surface area contributed by atoms with Gasteiger partial charge in [-0.15, -0.1) is 15.0 Å². The Balaban J connectivity index is 1.74. The number of tetrazole rings is 1. The molecule has 2 aromatic heterocycles. The van der Waals surface area contributed by atoms with Crippen LogP contribution < -0.4 is 5.32 Å². The first-order valence-corrected chi connectivity index (χ1v) is 5.85. The Morgan fingerprint density at radius 2 is 2.41 bits per heavy atom. The Kier molecular flexibility index (Phi) is 2.79. The molecular weight excluding hydrogens is 216 g/mol. The van der Waals surface area contributed by atoms with E-state index in [4.69, 9.17) is 0 Å². The molecule has 0 spiro atoms. The van der Waals surface area contributed by atoms with Crippen LogP contribution >= 0.6 is 0 Å². The summed E-state index contributed by atoms with van der Waals surface area (Å²) < 4.78 is 0. The zero-order valence-electron chi connectivity index (χ0n) is 9.45. The van der Waals surface area contributed by atoms with E-state index in [-0.39, 0.29) is 0 Å². The SMILES string of the molecule is c1ccc(-n2nnc(CC3CCCN3)n2)nc1. The van der Waals surface area contributed by atoms with Gasteiger partial charge in [-0.3, -0.25) is 0 Å². The molecule has 1 saturated heterocycles. The van der Waals surface area contributed by atoms with E-state index in [0.29, 0.717) is 11.9 Å². The van der Waals surface area contributed by atoms with Crippen molar-refractivity contribution in [3.8, 4) is 5.82 Å². The van der Waals surface area contributed by atoms with Crippen LogP contribution in [0.5, 0.6) is 0 Å². The Hall–Kier alpha value is -1.82. The highest BCUT2D eigenvalue weighted by Crippen LogP contribution is 2.09. The molecule has 0 aliphatic carbocycles. The van der Waals surface area contributed by atoms with E-state index in [9.17, 15) is 0 Å². The third kappa shape index (κ3) is 2.31. The third-order valence-electron chi connectivity index (χ3n) is 2.90. The average molecular weight is 230 g/mol. The minimum Gasteiger partial charge on any atom is -0.314 e. The summed E-state index contributed by atoms with van der Waals surface area (Å²) in [6.45, 7) is 1.10. The van der Waals surface area contributed by atoms with E-state index in [1.165, 1.54) is 17.6 Å². The maximum atomic E-state index is 4.34. The topological polar surface area (TPSA) is 68.5 Å². The van der Waals surface area contributed by atoms with Crippen LogP contribution in [-0.4, -0.2) is 37.8 Å². The molecule has 0 saturated carbocycles. The van der Waals surface area contributed by atoms with Crippen molar-refractivity contribution in [3.63, 3.8) is 0 Å². The second-order valence-corrected chi connectivity index (χ2v) is 4.18. The summed E-state index contributed by atoms with van der Waals surface area (Å²) in [5, 5.41) is 15.8. The van der Waals surface area contributed by atoms with Gasteiger partial charge in [0.2, 0.25) is 0 Å². The van der Waals surface area contributed by atoms with E-state index in [1.54, 1.807) is 6.20 Å². The van der Waals surface area contributed by atoms with Crippen LogP contribution in [0.2, 0.25) is 0 Å². The zero-order chi connectivity index (χ0) is 11.5. The lowest BCUT2D eigenvalue weighted by Gasteiger charge is -2.04. The molecule has 6 heteroatoms. The van der Waals surface area contributed by atoms with Crippen LogP contribution in [0, 0.1) is 0 Å². The lowest BCUT2D eigenvalue weighted by atomic mass is 10.1. The largest absolute Gasteiger partial charge is 0.314 e. The normalized spacial score (nSPS) is 19.6. The molecule has 0 bridgehead atoms. The Bertz CT molecular complexity index is 474. The minimum absolute atomic E-state index is 0.497. The summed E-state index contributed by atoms with van der Waals surface area (Å²) in [4.78, 5) is 5.65. The molecule has 0 radical (unpaired) electrons. The van der Waals surface area contributed by atoms with Gasteiger partial charge in [-0.1, -0.05) is 6.07 Å². The molecule has 2 aromatic rings. The van der Waals surface area contributed by atoms with Crippen molar-refractivity contribution >= 4 is 0 Å². The second-order valence-electron chi connectivity index (χ2n) is 4.18. The first-order chi connectivity index (χ1) is 8.42. The predicted octanol–water partition coefficient (Wildman–Crippen LogP) is 0.352. The molecule has 1 atom stereocenters. The van der Waals surface area contributed by atoms with Crippen LogP contribution in [0.25, 0.3) is 5.82 Å².